The van der Waals surface area contributed by atoms with Gasteiger partial charge in [0.1, 0.15) is 4.90 Å². The van der Waals surface area contributed by atoms with Crippen LogP contribution in [0.2, 0.25) is 0 Å². The van der Waals surface area contributed by atoms with Crippen molar-refractivity contribution in [2.45, 2.75) is 17.7 Å². The van der Waals surface area contributed by atoms with Gasteiger partial charge in [0.05, 0.1) is 0 Å². The number of rotatable bonds is 6. The van der Waals surface area contributed by atoms with E-state index in [4.69, 9.17) is 5.11 Å². The number of sulfonamides is 1. The van der Waals surface area contributed by atoms with Crippen LogP contribution in [0.3, 0.4) is 0 Å². The highest BCUT2D eigenvalue weighted by Crippen LogP contribution is 2.17. The summed E-state index contributed by atoms with van der Waals surface area (Å²) in [5, 5.41) is 8.64. The van der Waals surface area contributed by atoms with Gasteiger partial charge in [-0.15, -0.1) is 0 Å². The Morgan fingerprint density at radius 2 is 2.10 bits per heavy atom. The van der Waals surface area contributed by atoms with Crippen LogP contribution in [0, 0.1) is 0 Å². The van der Waals surface area contributed by atoms with Gasteiger partial charge in [0.15, 0.2) is 0 Å². The molecule has 1 aromatic carbocycles. The van der Waals surface area contributed by atoms with Crippen molar-refractivity contribution in [3.05, 3.63) is 48.3 Å². The van der Waals surface area contributed by atoms with Crippen LogP contribution in [-0.4, -0.2) is 24.5 Å². The number of aryl methyl sites for hydroxylation is 1. The zero-order valence-electron chi connectivity index (χ0n) is 10.5. The molecule has 0 aliphatic heterocycles. The molecular weight excluding hydrogens is 280 g/mol. The number of aromatic nitrogens is 1. The van der Waals surface area contributed by atoms with Crippen LogP contribution < -0.4 is 4.72 Å². The van der Waals surface area contributed by atoms with Crippen molar-refractivity contribution in [3.63, 3.8) is 0 Å². The standard InChI is InChI=1S/C13H14N2O4S/c16-13(17)5-4-10-2-1-3-11(8-10)15-20(18,19)12-6-7-14-9-12/h1-3,6-9,14-15H,4-5H2,(H,16,17). The Morgan fingerprint density at radius 3 is 2.75 bits per heavy atom. The monoisotopic (exact) mass is 294 g/mol. The maximum absolute atomic E-state index is 12.0. The van der Waals surface area contributed by atoms with E-state index in [1.54, 1.807) is 24.3 Å². The summed E-state index contributed by atoms with van der Waals surface area (Å²) in [7, 11) is -3.62. The van der Waals surface area contributed by atoms with E-state index in [2.05, 4.69) is 9.71 Å². The lowest BCUT2D eigenvalue weighted by Gasteiger charge is -2.08. The zero-order chi connectivity index (χ0) is 14.6. The van der Waals surface area contributed by atoms with E-state index in [0.29, 0.717) is 12.1 Å². The third kappa shape index (κ3) is 3.61. The minimum atomic E-state index is -3.62. The molecule has 0 atom stereocenters. The number of anilines is 1. The fraction of sp³-hybridized carbons (Fsp3) is 0.154. The molecule has 3 N–H and O–H groups in total. The topological polar surface area (TPSA) is 99.3 Å². The Hall–Kier alpha value is -2.28. The lowest BCUT2D eigenvalue weighted by atomic mass is 10.1. The highest BCUT2D eigenvalue weighted by Gasteiger charge is 2.14. The first-order chi connectivity index (χ1) is 9.47. The quantitative estimate of drug-likeness (QED) is 0.756. The maximum Gasteiger partial charge on any atom is 0.303 e. The highest BCUT2D eigenvalue weighted by atomic mass is 32.2. The lowest BCUT2D eigenvalue weighted by molar-refractivity contribution is -0.136. The number of benzene rings is 1. The first-order valence-corrected chi connectivity index (χ1v) is 7.42. The Morgan fingerprint density at radius 1 is 1.30 bits per heavy atom. The molecule has 0 fully saturated rings. The molecule has 0 unspecified atom stereocenters. The molecule has 0 spiro atoms. The van der Waals surface area contributed by atoms with Crippen molar-refractivity contribution in [1.29, 1.82) is 0 Å². The number of H-pyrrole nitrogens is 1. The molecule has 106 valence electrons. The number of hydrogen-bond acceptors (Lipinski definition) is 3. The second-order valence-corrected chi connectivity index (χ2v) is 5.93. The second kappa shape index (κ2) is 5.79. The normalized spacial score (nSPS) is 11.2. The van der Waals surface area contributed by atoms with Crippen LogP contribution >= 0.6 is 0 Å². The van der Waals surface area contributed by atoms with Gasteiger partial charge in [-0.25, -0.2) is 8.42 Å². The summed E-state index contributed by atoms with van der Waals surface area (Å²) >= 11 is 0. The molecule has 6 nitrogen and oxygen atoms in total. The number of carbonyl (C=O) groups is 1. The van der Waals surface area contributed by atoms with Gasteiger partial charge < -0.3 is 10.1 Å². The predicted molar refractivity (Wildman–Crippen MR) is 74.0 cm³/mol. The number of carboxylic acid groups (broad SMARTS) is 1. The van der Waals surface area contributed by atoms with Gasteiger partial charge >= 0.3 is 5.97 Å². The van der Waals surface area contributed by atoms with E-state index in [0.717, 1.165) is 5.56 Å². The van der Waals surface area contributed by atoms with Crippen molar-refractivity contribution < 1.29 is 18.3 Å². The van der Waals surface area contributed by atoms with Crippen molar-refractivity contribution in [3.8, 4) is 0 Å². The van der Waals surface area contributed by atoms with E-state index in [9.17, 15) is 13.2 Å². The zero-order valence-corrected chi connectivity index (χ0v) is 11.4. The van der Waals surface area contributed by atoms with Crippen molar-refractivity contribution in [2.75, 3.05) is 4.72 Å². The molecule has 7 heteroatoms. The molecular formula is C13H14N2O4S. The molecule has 0 aliphatic rings. The molecule has 1 aromatic heterocycles. The van der Waals surface area contributed by atoms with Crippen molar-refractivity contribution >= 4 is 21.7 Å². The fourth-order valence-electron chi connectivity index (χ4n) is 1.73. The second-order valence-electron chi connectivity index (χ2n) is 4.25. The molecule has 0 radical (unpaired) electrons. The molecule has 0 saturated carbocycles. The molecule has 2 aromatic rings. The summed E-state index contributed by atoms with van der Waals surface area (Å²) < 4.78 is 26.5. The number of hydrogen-bond donors (Lipinski definition) is 3. The van der Waals surface area contributed by atoms with E-state index in [-0.39, 0.29) is 11.3 Å². The summed E-state index contributed by atoms with van der Waals surface area (Å²) in [4.78, 5) is 13.4. The van der Waals surface area contributed by atoms with E-state index in [1.807, 2.05) is 0 Å². The minimum absolute atomic E-state index is 0.00795. The van der Waals surface area contributed by atoms with Crippen LogP contribution in [0.25, 0.3) is 0 Å². The first-order valence-electron chi connectivity index (χ1n) is 5.94. The molecule has 20 heavy (non-hydrogen) atoms. The lowest BCUT2D eigenvalue weighted by Crippen LogP contribution is -2.12. The summed E-state index contributed by atoms with van der Waals surface area (Å²) in [6, 6.07) is 8.15. The molecule has 0 saturated heterocycles. The largest absolute Gasteiger partial charge is 0.481 e. The van der Waals surface area contributed by atoms with Crippen molar-refractivity contribution in [2.24, 2.45) is 0 Å². The molecule has 1 heterocycles. The molecule has 2 rings (SSSR count). The van der Waals surface area contributed by atoms with Crippen molar-refractivity contribution in [1.82, 2.24) is 4.98 Å². The SMILES string of the molecule is O=C(O)CCc1cccc(NS(=O)(=O)c2cc[nH]c2)c1. The van der Waals surface area contributed by atoms with E-state index < -0.39 is 16.0 Å². The van der Waals surface area contributed by atoms with Gasteiger partial charge in [0, 0.05) is 24.5 Å². The van der Waals surface area contributed by atoms with Gasteiger partial charge in [-0.2, -0.15) is 0 Å². The van der Waals surface area contributed by atoms with E-state index in [1.165, 1.54) is 18.5 Å². The first kappa shape index (κ1) is 14.1. The maximum atomic E-state index is 12.0. The van der Waals surface area contributed by atoms with Crippen LogP contribution in [-0.2, 0) is 21.2 Å². The van der Waals surface area contributed by atoms with Crippen LogP contribution in [0.4, 0.5) is 5.69 Å². The highest BCUT2D eigenvalue weighted by molar-refractivity contribution is 7.92. The van der Waals surface area contributed by atoms with E-state index >= 15 is 0 Å². The summed E-state index contributed by atoms with van der Waals surface area (Å²) in [5.41, 5.74) is 1.18. The van der Waals surface area contributed by atoms with Crippen LogP contribution in [0.15, 0.2) is 47.6 Å². The number of aliphatic carboxylic acids is 1. The Kier molecular flexibility index (Phi) is 4.09. The van der Waals surface area contributed by atoms with Gasteiger partial charge in [-0.1, -0.05) is 12.1 Å². The third-order valence-corrected chi connectivity index (χ3v) is 4.07. The Balaban J connectivity index is 2.14. The van der Waals surface area contributed by atoms with Crippen LogP contribution in [0.1, 0.15) is 12.0 Å². The number of nitrogens with one attached hydrogen (secondary N) is 2. The number of aromatic amines is 1. The van der Waals surface area contributed by atoms with Gasteiger partial charge in [0.2, 0.25) is 0 Å². The Labute approximate surface area is 116 Å². The fourth-order valence-corrected chi connectivity index (χ4v) is 2.76. The minimum Gasteiger partial charge on any atom is -0.481 e. The molecule has 0 bridgehead atoms. The Bertz CT molecular complexity index is 693. The summed E-state index contributed by atoms with van der Waals surface area (Å²) in [5.74, 6) is -0.886. The smallest absolute Gasteiger partial charge is 0.303 e. The van der Waals surface area contributed by atoms with Gasteiger partial charge in [-0.3, -0.25) is 9.52 Å². The van der Waals surface area contributed by atoms with Gasteiger partial charge in [0.25, 0.3) is 10.0 Å². The predicted octanol–water partition coefficient (Wildman–Crippen LogP) is 1.83. The van der Waals surface area contributed by atoms with Crippen LogP contribution in [0.5, 0.6) is 0 Å². The average molecular weight is 294 g/mol. The number of carboxylic acids is 1. The molecule has 0 amide bonds. The average Bonchev–Trinajstić information content (AvgIpc) is 2.91. The summed E-state index contributed by atoms with van der Waals surface area (Å²) in [6.07, 6.45) is 3.28. The third-order valence-electron chi connectivity index (χ3n) is 2.69. The molecule has 0 aliphatic carbocycles. The van der Waals surface area contributed by atoms with Gasteiger partial charge in [-0.05, 0) is 30.2 Å². The summed E-state index contributed by atoms with van der Waals surface area (Å²) in [6.45, 7) is 0.